The van der Waals surface area contributed by atoms with E-state index in [4.69, 9.17) is 24.9 Å². The minimum atomic E-state index is -2.33. The van der Waals surface area contributed by atoms with Crippen LogP contribution in [0, 0.1) is 0 Å². The predicted octanol–water partition coefficient (Wildman–Crippen LogP) is 5.78. The average Bonchev–Trinajstić information content (AvgIpc) is 2.56. The Hall–Kier alpha value is 0.387. The monoisotopic (exact) mass is 352 g/mol. The fraction of sp³-hybridized carbons (Fsp3) is 1.00. The average molecular weight is 353 g/mol. The van der Waals surface area contributed by atoms with Crippen LogP contribution in [0.15, 0.2) is 0 Å². The molecule has 0 spiro atoms. The van der Waals surface area contributed by atoms with Crippen molar-refractivity contribution in [2.24, 2.45) is 0 Å². The molecule has 0 fully saturated rings. The number of alkyl halides is 1. The summed E-state index contributed by atoms with van der Waals surface area (Å²) in [7, 11) is 2.74. The Balaban J connectivity index is 3.27. The highest BCUT2D eigenvalue weighted by atomic mass is 35.5. The van der Waals surface area contributed by atoms with E-state index in [1.54, 1.807) is 21.3 Å². The van der Waals surface area contributed by atoms with Crippen LogP contribution >= 0.6 is 11.6 Å². The van der Waals surface area contributed by atoms with Gasteiger partial charge in [0.15, 0.2) is 0 Å². The molecule has 0 aliphatic rings. The van der Waals surface area contributed by atoms with E-state index < -0.39 is 8.80 Å². The van der Waals surface area contributed by atoms with Crippen molar-refractivity contribution < 1.29 is 13.3 Å². The van der Waals surface area contributed by atoms with Gasteiger partial charge in [-0.2, -0.15) is 0 Å². The highest BCUT2D eigenvalue weighted by molar-refractivity contribution is 6.60. The Morgan fingerprint density at radius 3 is 1.18 bits per heavy atom. The molecule has 0 aromatic carbocycles. The maximum atomic E-state index is 5.67. The van der Waals surface area contributed by atoms with Gasteiger partial charge >= 0.3 is 8.80 Å². The lowest BCUT2D eigenvalue weighted by atomic mass is 10.1. The first-order chi connectivity index (χ1) is 10.7. The summed E-state index contributed by atoms with van der Waals surface area (Å²) in [4.78, 5) is 0. The maximum absolute atomic E-state index is 5.67. The van der Waals surface area contributed by atoms with Gasteiger partial charge in [0.25, 0.3) is 0 Å². The lowest BCUT2D eigenvalue weighted by Crippen LogP contribution is -2.42. The first-order valence-corrected chi connectivity index (χ1v) is 11.4. The van der Waals surface area contributed by atoms with Gasteiger partial charge < -0.3 is 13.3 Å². The summed E-state index contributed by atoms with van der Waals surface area (Å²) < 4.78 is 16.3. The van der Waals surface area contributed by atoms with Crippen molar-refractivity contribution in [3.05, 3.63) is 0 Å². The molecule has 0 unspecified atom stereocenters. The summed E-state index contributed by atoms with van der Waals surface area (Å²) in [5, 5.41) is 0. The van der Waals surface area contributed by atoms with Crippen molar-refractivity contribution in [2.45, 2.75) is 83.1 Å². The van der Waals surface area contributed by atoms with Gasteiger partial charge in [-0.15, -0.1) is 11.6 Å². The lowest BCUT2D eigenvalue weighted by Gasteiger charge is -2.24. The highest BCUT2D eigenvalue weighted by Crippen LogP contribution is 2.18. The van der Waals surface area contributed by atoms with Crippen LogP contribution in [-0.2, 0) is 13.3 Å². The minimum absolute atomic E-state index is 0.822. The zero-order valence-corrected chi connectivity index (χ0v) is 16.8. The molecule has 0 N–H and O–H groups in total. The standard InChI is InChI=1S/C17H37ClO3Si/c1-19-22(20-2,21-3)17-15-13-11-9-7-5-4-6-8-10-12-14-16-18/h4-17H2,1-3H3. The second-order valence-electron chi connectivity index (χ2n) is 5.98. The number of halogens is 1. The van der Waals surface area contributed by atoms with E-state index >= 15 is 0 Å². The summed E-state index contributed by atoms with van der Waals surface area (Å²) in [5.74, 6) is 0.822. The predicted molar refractivity (Wildman–Crippen MR) is 97.7 cm³/mol. The van der Waals surface area contributed by atoms with E-state index in [0.29, 0.717) is 0 Å². The van der Waals surface area contributed by atoms with Crippen molar-refractivity contribution >= 4 is 20.4 Å². The van der Waals surface area contributed by atoms with Crippen LogP contribution in [0.1, 0.15) is 77.0 Å². The van der Waals surface area contributed by atoms with E-state index in [1.807, 2.05) is 0 Å². The Labute approximate surface area is 144 Å². The summed E-state index contributed by atoms with van der Waals surface area (Å²) in [6.45, 7) is 0. The fourth-order valence-corrected chi connectivity index (χ4v) is 4.74. The zero-order valence-electron chi connectivity index (χ0n) is 15.0. The van der Waals surface area contributed by atoms with Gasteiger partial charge in [0, 0.05) is 33.3 Å². The third-order valence-electron chi connectivity index (χ3n) is 4.30. The molecular formula is C17H37ClO3Si. The minimum Gasteiger partial charge on any atom is -0.377 e. The van der Waals surface area contributed by atoms with Crippen LogP contribution in [0.2, 0.25) is 6.04 Å². The molecule has 0 aromatic rings. The van der Waals surface area contributed by atoms with Crippen LogP contribution in [0.5, 0.6) is 0 Å². The van der Waals surface area contributed by atoms with E-state index in [9.17, 15) is 0 Å². The number of unbranched alkanes of at least 4 members (excludes halogenated alkanes) is 11. The molecule has 5 heteroatoms. The molecule has 0 aliphatic heterocycles. The number of hydrogen-bond donors (Lipinski definition) is 0. The van der Waals surface area contributed by atoms with Gasteiger partial charge in [0.2, 0.25) is 0 Å². The molecule has 0 aliphatic carbocycles. The normalized spacial score (nSPS) is 12.0. The smallest absolute Gasteiger partial charge is 0.377 e. The summed E-state index contributed by atoms with van der Waals surface area (Å²) in [6, 6.07) is 0.929. The molecule has 0 saturated carbocycles. The molecule has 134 valence electrons. The quantitative estimate of drug-likeness (QED) is 0.188. The molecule has 3 nitrogen and oxygen atoms in total. The number of rotatable bonds is 17. The van der Waals surface area contributed by atoms with Crippen molar-refractivity contribution in [1.82, 2.24) is 0 Å². The third kappa shape index (κ3) is 11.9. The second-order valence-corrected chi connectivity index (χ2v) is 9.45. The van der Waals surface area contributed by atoms with Crippen LogP contribution in [0.4, 0.5) is 0 Å². The molecular weight excluding hydrogens is 316 g/mol. The Kier molecular flexibility index (Phi) is 16.5. The molecule has 0 amide bonds. The van der Waals surface area contributed by atoms with E-state index in [0.717, 1.165) is 18.3 Å². The van der Waals surface area contributed by atoms with Crippen molar-refractivity contribution in [2.75, 3.05) is 27.2 Å². The molecule has 0 radical (unpaired) electrons. The molecule has 0 saturated heterocycles. The van der Waals surface area contributed by atoms with Gasteiger partial charge in [-0.1, -0.05) is 64.2 Å². The molecule has 0 rings (SSSR count). The molecule has 0 heterocycles. The Morgan fingerprint density at radius 1 is 0.545 bits per heavy atom. The van der Waals surface area contributed by atoms with Gasteiger partial charge in [0.05, 0.1) is 0 Å². The summed E-state index contributed by atoms with van der Waals surface area (Å²) in [6.07, 6.45) is 15.9. The van der Waals surface area contributed by atoms with Crippen molar-refractivity contribution in [3.63, 3.8) is 0 Å². The first kappa shape index (κ1) is 22.4. The first-order valence-electron chi connectivity index (χ1n) is 8.96. The van der Waals surface area contributed by atoms with E-state index in [1.165, 1.54) is 70.6 Å². The fourth-order valence-electron chi connectivity index (χ4n) is 2.76. The van der Waals surface area contributed by atoms with Crippen LogP contribution in [0.25, 0.3) is 0 Å². The van der Waals surface area contributed by atoms with Gasteiger partial charge in [-0.05, 0) is 12.8 Å². The van der Waals surface area contributed by atoms with Gasteiger partial charge in [-0.3, -0.25) is 0 Å². The van der Waals surface area contributed by atoms with Crippen LogP contribution in [-0.4, -0.2) is 36.0 Å². The maximum Gasteiger partial charge on any atom is 0.500 e. The lowest BCUT2D eigenvalue weighted by molar-refractivity contribution is 0.122. The van der Waals surface area contributed by atoms with E-state index in [2.05, 4.69) is 0 Å². The van der Waals surface area contributed by atoms with E-state index in [-0.39, 0.29) is 0 Å². The molecule has 0 aromatic heterocycles. The summed E-state index contributed by atoms with van der Waals surface area (Å²) in [5.41, 5.74) is 0. The van der Waals surface area contributed by atoms with Gasteiger partial charge in [-0.25, -0.2) is 0 Å². The third-order valence-corrected chi connectivity index (χ3v) is 7.40. The largest absolute Gasteiger partial charge is 0.500 e. The molecule has 0 atom stereocenters. The molecule has 0 bridgehead atoms. The topological polar surface area (TPSA) is 27.7 Å². The second kappa shape index (κ2) is 16.3. The van der Waals surface area contributed by atoms with Crippen LogP contribution in [0.3, 0.4) is 0 Å². The molecule has 22 heavy (non-hydrogen) atoms. The highest BCUT2D eigenvalue weighted by Gasteiger charge is 2.36. The van der Waals surface area contributed by atoms with Crippen molar-refractivity contribution in [1.29, 1.82) is 0 Å². The van der Waals surface area contributed by atoms with Gasteiger partial charge in [0.1, 0.15) is 0 Å². The van der Waals surface area contributed by atoms with Crippen LogP contribution < -0.4 is 0 Å². The zero-order chi connectivity index (χ0) is 16.5. The Bertz CT molecular complexity index is 218. The Morgan fingerprint density at radius 2 is 0.864 bits per heavy atom. The SMILES string of the molecule is CO[Si](CCCCCCCCCCCCCCCl)(OC)OC. The van der Waals surface area contributed by atoms with Crippen molar-refractivity contribution in [3.8, 4) is 0 Å². The number of hydrogen-bond acceptors (Lipinski definition) is 3. The summed E-state index contributed by atoms with van der Waals surface area (Å²) >= 11 is 5.67.